The molecule has 0 bridgehead atoms. The van der Waals surface area contributed by atoms with Crippen LogP contribution in [-0.4, -0.2) is 11.1 Å². The van der Waals surface area contributed by atoms with Crippen LogP contribution in [0.15, 0.2) is 22.7 Å². The van der Waals surface area contributed by atoms with Gasteiger partial charge in [0.1, 0.15) is 0 Å². The molecule has 0 heterocycles. The van der Waals surface area contributed by atoms with Crippen LogP contribution in [-0.2, 0) is 4.79 Å². The number of hydrogen-bond donors (Lipinski definition) is 1. The molecule has 1 N–H and O–H groups in total. The van der Waals surface area contributed by atoms with E-state index in [1.165, 1.54) is 5.56 Å². The molecule has 1 unspecified atom stereocenters. The third-order valence-electron chi connectivity index (χ3n) is 3.66. The molecule has 1 saturated carbocycles. The van der Waals surface area contributed by atoms with E-state index in [0.29, 0.717) is 0 Å². The first kappa shape index (κ1) is 11.6. The molecule has 3 heteroatoms. The van der Waals surface area contributed by atoms with Crippen LogP contribution in [0, 0.1) is 18.3 Å². The Hall–Kier alpha value is -0.830. The van der Waals surface area contributed by atoms with Crippen molar-refractivity contribution in [3.05, 3.63) is 33.8 Å². The average molecular weight is 283 g/mol. The van der Waals surface area contributed by atoms with Crippen molar-refractivity contribution in [2.45, 2.75) is 26.7 Å². The Balaban J connectivity index is 2.37. The molecular formula is C13H15BrO2. The van der Waals surface area contributed by atoms with Gasteiger partial charge >= 0.3 is 5.97 Å². The summed E-state index contributed by atoms with van der Waals surface area (Å²) in [6.07, 6.45) is 0. The normalized spacial score (nSPS) is 26.5. The molecule has 0 amide bonds. The standard InChI is InChI=1S/C13H15BrO2/c1-7-6-8(14)4-5-9(7)10-11(12(15)16)13(10,2)3/h4-6,10-11H,1-3H3,(H,15,16)/t10?,11-/m1/s1. The molecule has 2 nitrogen and oxygen atoms in total. The minimum absolute atomic E-state index is 0.121. The Morgan fingerprint density at radius 1 is 1.44 bits per heavy atom. The predicted molar refractivity (Wildman–Crippen MR) is 66.5 cm³/mol. The minimum atomic E-state index is -0.683. The van der Waals surface area contributed by atoms with E-state index in [4.69, 9.17) is 5.11 Å². The fraction of sp³-hybridized carbons (Fsp3) is 0.462. The number of halogens is 1. The van der Waals surface area contributed by atoms with Gasteiger partial charge in [-0.05, 0) is 35.6 Å². The second kappa shape index (κ2) is 3.59. The number of rotatable bonds is 2. The molecule has 0 aromatic heterocycles. The van der Waals surface area contributed by atoms with Crippen molar-refractivity contribution in [1.29, 1.82) is 0 Å². The van der Waals surface area contributed by atoms with Gasteiger partial charge in [0.25, 0.3) is 0 Å². The lowest BCUT2D eigenvalue weighted by Crippen LogP contribution is -2.03. The van der Waals surface area contributed by atoms with E-state index < -0.39 is 5.97 Å². The molecule has 2 atom stereocenters. The summed E-state index contributed by atoms with van der Waals surface area (Å²) < 4.78 is 1.04. The lowest BCUT2D eigenvalue weighted by Gasteiger charge is -2.07. The average Bonchev–Trinajstić information content (AvgIpc) is 2.69. The van der Waals surface area contributed by atoms with E-state index in [1.54, 1.807) is 0 Å². The zero-order chi connectivity index (χ0) is 12.1. The number of benzene rings is 1. The summed E-state index contributed by atoms with van der Waals surface area (Å²) in [6, 6.07) is 6.06. The van der Waals surface area contributed by atoms with Gasteiger partial charge in [0.15, 0.2) is 0 Å². The summed E-state index contributed by atoms with van der Waals surface area (Å²) in [5.74, 6) is -0.775. The molecule has 1 aliphatic carbocycles. The Morgan fingerprint density at radius 3 is 2.50 bits per heavy atom. The monoisotopic (exact) mass is 282 g/mol. The van der Waals surface area contributed by atoms with Crippen LogP contribution in [0.3, 0.4) is 0 Å². The number of hydrogen-bond acceptors (Lipinski definition) is 1. The summed E-state index contributed by atoms with van der Waals surface area (Å²) in [6.45, 7) is 6.09. The summed E-state index contributed by atoms with van der Waals surface area (Å²) in [5, 5.41) is 9.16. The highest BCUT2D eigenvalue weighted by molar-refractivity contribution is 9.10. The first-order chi connectivity index (χ1) is 7.35. The van der Waals surface area contributed by atoms with Gasteiger partial charge in [0.2, 0.25) is 0 Å². The zero-order valence-corrected chi connectivity index (χ0v) is 11.2. The third kappa shape index (κ3) is 1.67. The number of aliphatic carboxylic acids is 1. The first-order valence-electron chi connectivity index (χ1n) is 5.34. The second-order valence-corrected chi connectivity index (χ2v) is 6.03. The maximum Gasteiger partial charge on any atom is 0.307 e. The highest BCUT2D eigenvalue weighted by Gasteiger charge is 2.62. The third-order valence-corrected chi connectivity index (χ3v) is 4.15. The van der Waals surface area contributed by atoms with Crippen LogP contribution in [0.1, 0.15) is 30.9 Å². The van der Waals surface area contributed by atoms with Gasteiger partial charge in [-0.2, -0.15) is 0 Å². The van der Waals surface area contributed by atoms with E-state index in [1.807, 2.05) is 39.0 Å². The molecule has 0 radical (unpaired) electrons. The summed E-state index contributed by atoms with van der Waals surface area (Å²) in [5.41, 5.74) is 2.21. The molecule has 2 rings (SSSR count). The van der Waals surface area contributed by atoms with Crippen molar-refractivity contribution in [2.75, 3.05) is 0 Å². The fourth-order valence-corrected chi connectivity index (χ4v) is 3.14. The zero-order valence-electron chi connectivity index (χ0n) is 9.62. The van der Waals surface area contributed by atoms with Crippen molar-refractivity contribution >= 4 is 21.9 Å². The maximum atomic E-state index is 11.1. The van der Waals surface area contributed by atoms with Gasteiger partial charge in [-0.25, -0.2) is 0 Å². The lowest BCUT2D eigenvalue weighted by atomic mass is 9.99. The Morgan fingerprint density at radius 2 is 2.06 bits per heavy atom. The minimum Gasteiger partial charge on any atom is -0.481 e. The SMILES string of the molecule is Cc1cc(Br)ccc1C1[C@H](C(=O)O)C1(C)C. The van der Waals surface area contributed by atoms with E-state index in [0.717, 1.165) is 10.0 Å². The van der Waals surface area contributed by atoms with E-state index in [-0.39, 0.29) is 17.3 Å². The number of carboxylic acid groups (broad SMARTS) is 1. The van der Waals surface area contributed by atoms with Crippen LogP contribution in [0.4, 0.5) is 0 Å². The van der Waals surface area contributed by atoms with Gasteiger partial charge in [-0.3, -0.25) is 4.79 Å². The van der Waals surface area contributed by atoms with Gasteiger partial charge < -0.3 is 5.11 Å². The van der Waals surface area contributed by atoms with E-state index >= 15 is 0 Å². The van der Waals surface area contributed by atoms with E-state index in [2.05, 4.69) is 15.9 Å². The molecule has 0 aliphatic heterocycles. The summed E-state index contributed by atoms with van der Waals surface area (Å²) in [4.78, 5) is 11.1. The molecule has 0 saturated heterocycles. The smallest absolute Gasteiger partial charge is 0.307 e. The Kier molecular flexibility index (Phi) is 2.61. The summed E-state index contributed by atoms with van der Waals surface area (Å²) >= 11 is 3.42. The van der Waals surface area contributed by atoms with Gasteiger partial charge in [-0.15, -0.1) is 0 Å². The topological polar surface area (TPSA) is 37.3 Å². The van der Waals surface area contributed by atoms with Crippen molar-refractivity contribution in [2.24, 2.45) is 11.3 Å². The molecule has 1 aromatic carbocycles. The van der Waals surface area contributed by atoms with Gasteiger partial charge in [-0.1, -0.05) is 35.8 Å². The van der Waals surface area contributed by atoms with Crippen molar-refractivity contribution in [3.8, 4) is 0 Å². The number of carbonyl (C=O) groups is 1. The predicted octanol–water partition coefficient (Wildman–Crippen LogP) is 3.58. The van der Waals surface area contributed by atoms with Crippen LogP contribution in [0.5, 0.6) is 0 Å². The largest absolute Gasteiger partial charge is 0.481 e. The lowest BCUT2D eigenvalue weighted by molar-refractivity contribution is -0.139. The second-order valence-electron chi connectivity index (χ2n) is 5.12. The van der Waals surface area contributed by atoms with Crippen LogP contribution < -0.4 is 0 Å². The number of aryl methyl sites for hydroxylation is 1. The summed E-state index contributed by atoms with van der Waals surface area (Å²) in [7, 11) is 0. The fourth-order valence-electron chi connectivity index (χ4n) is 2.67. The van der Waals surface area contributed by atoms with Crippen molar-refractivity contribution in [3.63, 3.8) is 0 Å². The highest BCUT2D eigenvalue weighted by atomic mass is 79.9. The van der Waals surface area contributed by atoms with Crippen LogP contribution in [0.2, 0.25) is 0 Å². The van der Waals surface area contributed by atoms with Crippen LogP contribution >= 0.6 is 15.9 Å². The molecular weight excluding hydrogens is 268 g/mol. The molecule has 1 aromatic rings. The first-order valence-corrected chi connectivity index (χ1v) is 6.14. The number of carboxylic acids is 1. The quantitative estimate of drug-likeness (QED) is 0.900. The van der Waals surface area contributed by atoms with E-state index in [9.17, 15) is 4.79 Å². The van der Waals surface area contributed by atoms with Gasteiger partial charge in [0, 0.05) is 10.4 Å². The Labute approximate surface area is 104 Å². The Bertz CT molecular complexity index is 451. The molecule has 0 spiro atoms. The molecule has 1 fully saturated rings. The molecule has 16 heavy (non-hydrogen) atoms. The molecule has 86 valence electrons. The van der Waals surface area contributed by atoms with Gasteiger partial charge in [0.05, 0.1) is 5.92 Å². The maximum absolute atomic E-state index is 11.1. The van der Waals surface area contributed by atoms with Crippen molar-refractivity contribution < 1.29 is 9.90 Å². The highest BCUT2D eigenvalue weighted by Crippen LogP contribution is 2.64. The van der Waals surface area contributed by atoms with Crippen LogP contribution in [0.25, 0.3) is 0 Å². The molecule has 1 aliphatic rings. The van der Waals surface area contributed by atoms with Crippen molar-refractivity contribution in [1.82, 2.24) is 0 Å².